The van der Waals surface area contributed by atoms with E-state index in [4.69, 9.17) is 11.6 Å². The highest BCUT2D eigenvalue weighted by atomic mass is 35.5. The number of aromatic nitrogens is 1. The highest BCUT2D eigenvalue weighted by Crippen LogP contribution is 2.26. The van der Waals surface area contributed by atoms with Gasteiger partial charge in [0.15, 0.2) is 0 Å². The van der Waals surface area contributed by atoms with Gasteiger partial charge in [-0.15, -0.1) is 22.9 Å². The summed E-state index contributed by atoms with van der Waals surface area (Å²) in [5.41, 5.74) is 0. The minimum absolute atomic E-state index is 0.542. The lowest BCUT2D eigenvalue weighted by Crippen LogP contribution is -2.33. The van der Waals surface area contributed by atoms with Crippen LogP contribution in [0.15, 0.2) is 11.6 Å². The van der Waals surface area contributed by atoms with Gasteiger partial charge in [0, 0.05) is 23.5 Å². The molecule has 1 aromatic rings. The molecule has 2 heterocycles. The SMILES string of the molecule is CC1CCN(Cc2nccs2)C1CCl. The van der Waals surface area contributed by atoms with Crippen LogP contribution in [-0.4, -0.2) is 28.4 Å². The number of alkyl halides is 1. The van der Waals surface area contributed by atoms with E-state index in [1.54, 1.807) is 11.3 Å². The lowest BCUT2D eigenvalue weighted by molar-refractivity contribution is 0.242. The van der Waals surface area contributed by atoms with Crippen molar-refractivity contribution in [1.82, 2.24) is 9.88 Å². The average Bonchev–Trinajstić information content (AvgIpc) is 2.77. The first-order valence-electron chi connectivity index (χ1n) is 4.99. The van der Waals surface area contributed by atoms with Crippen LogP contribution in [-0.2, 0) is 6.54 Å². The molecule has 0 amide bonds. The third kappa shape index (κ3) is 2.10. The summed E-state index contributed by atoms with van der Waals surface area (Å²) in [6, 6.07) is 0.542. The van der Waals surface area contributed by atoms with E-state index in [0.29, 0.717) is 6.04 Å². The number of hydrogen-bond acceptors (Lipinski definition) is 3. The molecular formula is C10H15ClN2S. The van der Waals surface area contributed by atoms with Crippen LogP contribution in [0.5, 0.6) is 0 Å². The molecule has 2 unspecified atom stereocenters. The van der Waals surface area contributed by atoms with Gasteiger partial charge in [0.1, 0.15) is 5.01 Å². The molecule has 0 bridgehead atoms. The van der Waals surface area contributed by atoms with Gasteiger partial charge in [-0.1, -0.05) is 6.92 Å². The molecule has 78 valence electrons. The first-order chi connectivity index (χ1) is 6.81. The van der Waals surface area contributed by atoms with E-state index in [9.17, 15) is 0 Å². The Morgan fingerprint density at radius 1 is 1.71 bits per heavy atom. The van der Waals surface area contributed by atoms with Crippen LogP contribution in [0.2, 0.25) is 0 Å². The van der Waals surface area contributed by atoms with E-state index in [2.05, 4.69) is 16.8 Å². The summed E-state index contributed by atoms with van der Waals surface area (Å²) in [6.45, 7) is 4.42. The number of rotatable bonds is 3. The van der Waals surface area contributed by atoms with E-state index in [1.807, 2.05) is 11.6 Å². The largest absolute Gasteiger partial charge is 0.292 e. The van der Waals surface area contributed by atoms with Crippen LogP contribution in [0.1, 0.15) is 18.4 Å². The second kappa shape index (κ2) is 4.60. The zero-order chi connectivity index (χ0) is 9.97. The Kier molecular flexibility index (Phi) is 3.42. The molecule has 2 rings (SSSR count). The number of nitrogens with zero attached hydrogens (tertiary/aromatic N) is 2. The van der Waals surface area contributed by atoms with Crippen LogP contribution >= 0.6 is 22.9 Å². The van der Waals surface area contributed by atoms with Gasteiger partial charge >= 0.3 is 0 Å². The van der Waals surface area contributed by atoms with Crippen molar-refractivity contribution in [3.63, 3.8) is 0 Å². The normalized spacial score (nSPS) is 28.4. The van der Waals surface area contributed by atoms with E-state index in [0.717, 1.165) is 24.9 Å². The third-order valence-corrected chi connectivity index (χ3v) is 4.06. The van der Waals surface area contributed by atoms with Gasteiger partial charge in [-0.3, -0.25) is 4.90 Å². The van der Waals surface area contributed by atoms with E-state index < -0.39 is 0 Å². The fourth-order valence-electron chi connectivity index (χ4n) is 2.04. The molecular weight excluding hydrogens is 216 g/mol. The molecule has 2 nitrogen and oxygen atoms in total. The zero-order valence-electron chi connectivity index (χ0n) is 8.32. The Bertz CT molecular complexity index is 276. The summed E-state index contributed by atoms with van der Waals surface area (Å²) in [7, 11) is 0. The smallest absolute Gasteiger partial charge is 0.107 e. The third-order valence-electron chi connectivity index (χ3n) is 2.98. The predicted octanol–water partition coefficient (Wildman–Crippen LogP) is 2.59. The molecule has 4 heteroatoms. The molecule has 1 aliphatic rings. The second-order valence-corrected chi connectivity index (χ2v) is 5.17. The van der Waals surface area contributed by atoms with Crippen molar-refractivity contribution in [1.29, 1.82) is 0 Å². The van der Waals surface area contributed by atoms with Gasteiger partial charge in [0.05, 0.1) is 6.54 Å². The molecule has 0 N–H and O–H groups in total. The molecule has 14 heavy (non-hydrogen) atoms. The van der Waals surface area contributed by atoms with Gasteiger partial charge < -0.3 is 0 Å². The average molecular weight is 231 g/mol. The molecule has 0 radical (unpaired) electrons. The Hall–Kier alpha value is -0.120. The summed E-state index contributed by atoms with van der Waals surface area (Å²) in [5, 5.41) is 3.24. The molecule has 1 saturated heterocycles. The fourth-order valence-corrected chi connectivity index (χ4v) is 3.18. The highest BCUT2D eigenvalue weighted by Gasteiger charge is 2.30. The number of halogens is 1. The minimum atomic E-state index is 0.542. The number of likely N-dealkylation sites (tertiary alicyclic amines) is 1. The molecule has 0 aromatic carbocycles. The van der Waals surface area contributed by atoms with Crippen LogP contribution in [0.25, 0.3) is 0 Å². The van der Waals surface area contributed by atoms with Crippen molar-refractivity contribution >= 4 is 22.9 Å². The van der Waals surface area contributed by atoms with Gasteiger partial charge in [-0.05, 0) is 18.9 Å². The maximum absolute atomic E-state index is 5.98. The lowest BCUT2D eigenvalue weighted by Gasteiger charge is -2.23. The molecule has 1 aromatic heterocycles. The first kappa shape index (κ1) is 10.4. The van der Waals surface area contributed by atoms with Gasteiger partial charge in [-0.25, -0.2) is 4.98 Å². The standard InChI is InChI=1S/C10H15ClN2S/c1-8-2-4-13(9(8)6-11)7-10-12-3-5-14-10/h3,5,8-9H,2,4,6-7H2,1H3. The van der Waals surface area contributed by atoms with Gasteiger partial charge in [0.25, 0.3) is 0 Å². The Labute approximate surface area is 93.9 Å². The first-order valence-corrected chi connectivity index (χ1v) is 6.41. The molecule has 1 fully saturated rings. The van der Waals surface area contributed by atoms with E-state index in [1.165, 1.54) is 11.4 Å². The Morgan fingerprint density at radius 3 is 3.21 bits per heavy atom. The molecule has 2 atom stereocenters. The zero-order valence-corrected chi connectivity index (χ0v) is 9.89. The minimum Gasteiger partial charge on any atom is -0.292 e. The lowest BCUT2D eigenvalue weighted by atomic mass is 10.1. The van der Waals surface area contributed by atoms with Crippen molar-refractivity contribution in [2.24, 2.45) is 5.92 Å². The summed E-state index contributed by atoms with van der Waals surface area (Å²) in [6.07, 6.45) is 3.14. The molecule has 0 saturated carbocycles. The van der Waals surface area contributed by atoms with E-state index >= 15 is 0 Å². The highest BCUT2D eigenvalue weighted by molar-refractivity contribution is 7.09. The number of thiazole rings is 1. The van der Waals surface area contributed by atoms with Crippen molar-refractivity contribution in [3.05, 3.63) is 16.6 Å². The van der Waals surface area contributed by atoms with Crippen LogP contribution in [0.4, 0.5) is 0 Å². The summed E-state index contributed by atoms with van der Waals surface area (Å²) < 4.78 is 0. The summed E-state index contributed by atoms with van der Waals surface area (Å²) in [5.74, 6) is 1.47. The van der Waals surface area contributed by atoms with Crippen molar-refractivity contribution in [2.75, 3.05) is 12.4 Å². The number of hydrogen-bond donors (Lipinski definition) is 0. The maximum atomic E-state index is 5.98. The second-order valence-electron chi connectivity index (χ2n) is 3.88. The topological polar surface area (TPSA) is 16.1 Å². The van der Waals surface area contributed by atoms with Crippen molar-refractivity contribution in [2.45, 2.75) is 25.9 Å². The Balaban J connectivity index is 1.98. The summed E-state index contributed by atoms with van der Waals surface area (Å²) in [4.78, 5) is 6.76. The van der Waals surface area contributed by atoms with Crippen LogP contribution in [0.3, 0.4) is 0 Å². The van der Waals surface area contributed by atoms with Crippen LogP contribution < -0.4 is 0 Å². The molecule has 1 aliphatic heterocycles. The predicted molar refractivity (Wildman–Crippen MR) is 60.8 cm³/mol. The maximum Gasteiger partial charge on any atom is 0.107 e. The monoisotopic (exact) mass is 230 g/mol. The summed E-state index contributed by atoms with van der Waals surface area (Å²) >= 11 is 7.71. The fraction of sp³-hybridized carbons (Fsp3) is 0.700. The van der Waals surface area contributed by atoms with Crippen molar-refractivity contribution in [3.8, 4) is 0 Å². The Morgan fingerprint density at radius 2 is 2.57 bits per heavy atom. The van der Waals surface area contributed by atoms with Gasteiger partial charge in [-0.2, -0.15) is 0 Å². The molecule has 0 aliphatic carbocycles. The van der Waals surface area contributed by atoms with Crippen LogP contribution in [0, 0.1) is 5.92 Å². The van der Waals surface area contributed by atoms with Gasteiger partial charge in [0.2, 0.25) is 0 Å². The van der Waals surface area contributed by atoms with Crippen molar-refractivity contribution < 1.29 is 0 Å². The van der Waals surface area contributed by atoms with E-state index in [-0.39, 0.29) is 0 Å². The quantitative estimate of drug-likeness (QED) is 0.743. The molecule has 0 spiro atoms.